The van der Waals surface area contributed by atoms with E-state index in [0.29, 0.717) is 0 Å². The van der Waals surface area contributed by atoms with Gasteiger partial charge in [0.15, 0.2) is 0 Å². The molecule has 0 bridgehead atoms. The maximum atomic E-state index is 5.96. The largest absolute Gasteiger partial charge is 0.399 e. The van der Waals surface area contributed by atoms with Gasteiger partial charge in [-0.1, -0.05) is 18.2 Å². The van der Waals surface area contributed by atoms with E-state index in [1.54, 1.807) is 0 Å². The van der Waals surface area contributed by atoms with Crippen LogP contribution in [-0.4, -0.2) is 0 Å². The molecular weight excluding hydrogens is 210 g/mol. The molecule has 0 amide bonds. The molecule has 0 aromatic heterocycles. The third-order valence-corrected chi connectivity index (χ3v) is 2.90. The fourth-order valence-corrected chi connectivity index (χ4v) is 1.81. The molecule has 88 valence electrons. The number of rotatable bonds is 2. The molecule has 0 aliphatic carbocycles. The Hall–Kier alpha value is -2.16. The Labute approximate surface area is 101 Å². The van der Waals surface area contributed by atoms with E-state index < -0.39 is 0 Å². The van der Waals surface area contributed by atoms with Crippen LogP contribution in [0.15, 0.2) is 36.4 Å². The second-order valence-electron chi connectivity index (χ2n) is 4.33. The Balaban J connectivity index is 2.30. The number of nitrogen functional groups attached to an aromatic ring is 3. The average Bonchev–Trinajstić information content (AvgIpc) is 2.29. The van der Waals surface area contributed by atoms with Crippen molar-refractivity contribution in [3.8, 4) is 0 Å². The van der Waals surface area contributed by atoms with Gasteiger partial charge in [0.1, 0.15) is 0 Å². The zero-order chi connectivity index (χ0) is 12.4. The van der Waals surface area contributed by atoms with Crippen LogP contribution in [0.25, 0.3) is 0 Å². The average molecular weight is 227 g/mol. The Morgan fingerprint density at radius 3 is 2.18 bits per heavy atom. The van der Waals surface area contributed by atoms with Crippen molar-refractivity contribution >= 4 is 17.1 Å². The number of hydrogen-bond acceptors (Lipinski definition) is 3. The van der Waals surface area contributed by atoms with Crippen molar-refractivity contribution in [2.75, 3.05) is 17.2 Å². The SMILES string of the molecule is Cc1cc(Cc2ccc(N)cc2)c(N)cc1N. The predicted molar refractivity (Wildman–Crippen MR) is 73.7 cm³/mol. The summed E-state index contributed by atoms with van der Waals surface area (Å²) in [5, 5.41) is 0. The van der Waals surface area contributed by atoms with E-state index in [9.17, 15) is 0 Å². The summed E-state index contributed by atoms with van der Waals surface area (Å²) in [7, 11) is 0. The van der Waals surface area contributed by atoms with Gasteiger partial charge in [0.2, 0.25) is 0 Å². The lowest BCUT2D eigenvalue weighted by atomic mass is 10.0. The zero-order valence-corrected chi connectivity index (χ0v) is 9.90. The first-order chi connectivity index (χ1) is 8.06. The maximum absolute atomic E-state index is 5.96. The fraction of sp³-hybridized carbons (Fsp3) is 0.143. The van der Waals surface area contributed by atoms with Crippen molar-refractivity contribution in [2.45, 2.75) is 13.3 Å². The minimum Gasteiger partial charge on any atom is -0.399 e. The van der Waals surface area contributed by atoms with Crippen LogP contribution in [-0.2, 0) is 6.42 Å². The summed E-state index contributed by atoms with van der Waals surface area (Å²) in [5.41, 5.74) is 23.0. The van der Waals surface area contributed by atoms with E-state index in [-0.39, 0.29) is 0 Å². The monoisotopic (exact) mass is 227 g/mol. The second-order valence-corrected chi connectivity index (χ2v) is 4.33. The number of anilines is 3. The van der Waals surface area contributed by atoms with Crippen LogP contribution < -0.4 is 17.2 Å². The highest BCUT2D eigenvalue weighted by Crippen LogP contribution is 2.23. The van der Waals surface area contributed by atoms with Crippen molar-refractivity contribution in [1.82, 2.24) is 0 Å². The Kier molecular flexibility index (Phi) is 2.91. The lowest BCUT2D eigenvalue weighted by molar-refractivity contribution is 1.19. The Morgan fingerprint density at radius 2 is 1.53 bits per heavy atom. The number of nitrogens with two attached hydrogens (primary N) is 3. The van der Waals surface area contributed by atoms with E-state index in [1.165, 1.54) is 5.56 Å². The first kappa shape index (κ1) is 11.3. The normalized spacial score (nSPS) is 10.4. The van der Waals surface area contributed by atoms with E-state index >= 15 is 0 Å². The predicted octanol–water partition coefficient (Wildman–Crippen LogP) is 2.33. The molecule has 17 heavy (non-hydrogen) atoms. The number of aryl methyl sites for hydroxylation is 1. The smallest absolute Gasteiger partial charge is 0.0370 e. The molecule has 0 saturated carbocycles. The molecule has 0 saturated heterocycles. The van der Waals surface area contributed by atoms with Gasteiger partial charge in [0.05, 0.1) is 0 Å². The van der Waals surface area contributed by atoms with Crippen molar-refractivity contribution in [3.05, 3.63) is 53.1 Å². The van der Waals surface area contributed by atoms with Gasteiger partial charge in [-0.15, -0.1) is 0 Å². The molecule has 0 heterocycles. The van der Waals surface area contributed by atoms with Crippen LogP contribution in [0.2, 0.25) is 0 Å². The van der Waals surface area contributed by atoms with Gasteiger partial charge in [-0.05, 0) is 48.2 Å². The standard InChI is InChI=1S/C14H17N3/c1-9-6-11(14(17)8-13(9)16)7-10-2-4-12(15)5-3-10/h2-6,8H,7,15-17H2,1H3. The van der Waals surface area contributed by atoms with Gasteiger partial charge in [-0.3, -0.25) is 0 Å². The van der Waals surface area contributed by atoms with Gasteiger partial charge in [0.25, 0.3) is 0 Å². The fourth-order valence-electron chi connectivity index (χ4n) is 1.81. The Morgan fingerprint density at radius 1 is 0.882 bits per heavy atom. The van der Waals surface area contributed by atoms with E-state index in [1.807, 2.05) is 43.3 Å². The summed E-state index contributed by atoms with van der Waals surface area (Å²) in [5.74, 6) is 0. The molecule has 0 aliphatic rings. The van der Waals surface area contributed by atoms with E-state index in [4.69, 9.17) is 17.2 Å². The zero-order valence-electron chi connectivity index (χ0n) is 9.90. The summed E-state index contributed by atoms with van der Waals surface area (Å²) in [6.07, 6.45) is 0.799. The third-order valence-electron chi connectivity index (χ3n) is 2.90. The molecule has 2 aromatic carbocycles. The van der Waals surface area contributed by atoms with E-state index in [2.05, 4.69) is 0 Å². The number of benzene rings is 2. The molecule has 3 nitrogen and oxygen atoms in total. The van der Waals surface area contributed by atoms with Crippen molar-refractivity contribution in [2.24, 2.45) is 0 Å². The van der Waals surface area contributed by atoms with Crippen LogP contribution in [0.3, 0.4) is 0 Å². The molecule has 2 rings (SSSR count). The van der Waals surface area contributed by atoms with Crippen LogP contribution in [0.4, 0.5) is 17.1 Å². The van der Waals surface area contributed by atoms with Crippen molar-refractivity contribution in [3.63, 3.8) is 0 Å². The summed E-state index contributed by atoms with van der Waals surface area (Å²) in [4.78, 5) is 0. The topological polar surface area (TPSA) is 78.1 Å². The van der Waals surface area contributed by atoms with Crippen LogP contribution in [0.1, 0.15) is 16.7 Å². The lowest BCUT2D eigenvalue weighted by Gasteiger charge is -2.09. The summed E-state index contributed by atoms with van der Waals surface area (Å²) in [6, 6.07) is 11.7. The highest BCUT2D eigenvalue weighted by molar-refractivity contribution is 5.61. The van der Waals surface area contributed by atoms with Gasteiger partial charge < -0.3 is 17.2 Å². The summed E-state index contributed by atoms with van der Waals surface area (Å²) in [6.45, 7) is 1.99. The summed E-state index contributed by atoms with van der Waals surface area (Å²) >= 11 is 0. The molecule has 0 spiro atoms. The molecule has 3 heteroatoms. The van der Waals surface area contributed by atoms with Crippen LogP contribution >= 0.6 is 0 Å². The molecule has 0 fully saturated rings. The number of hydrogen-bond donors (Lipinski definition) is 3. The minimum atomic E-state index is 0.739. The molecule has 2 aromatic rings. The molecule has 6 N–H and O–H groups in total. The summed E-state index contributed by atoms with van der Waals surface area (Å²) < 4.78 is 0. The van der Waals surface area contributed by atoms with Gasteiger partial charge in [-0.25, -0.2) is 0 Å². The molecule has 0 unspecified atom stereocenters. The van der Waals surface area contributed by atoms with Gasteiger partial charge in [0, 0.05) is 17.1 Å². The minimum absolute atomic E-state index is 0.739. The molecular formula is C14H17N3. The second kappa shape index (κ2) is 4.37. The maximum Gasteiger partial charge on any atom is 0.0370 e. The van der Waals surface area contributed by atoms with Crippen LogP contribution in [0.5, 0.6) is 0 Å². The van der Waals surface area contributed by atoms with E-state index in [0.717, 1.165) is 34.6 Å². The Bertz CT molecular complexity index is 530. The first-order valence-corrected chi connectivity index (χ1v) is 5.55. The third kappa shape index (κ3) is 2.50. The van der Waals surface area contributed by atoms with Crippen molar-refractivity contribution < 1.29 is 0 Å². The quantitative estimate of drug-likeness (QED) is 0.689. The van der Waals surface area contributed by atoms with Gasteiger partial charge >= 0.3 is 0 Å². The molecule has 0 radical (unpaired) electrons. The highest BCUT2D eigenvalue weighted by atomic mass is 14.6. The van der Waals surface area contributed by atoms with Gasteiger partial charge in [-0.2, -0.15) is 0 Å². The first-order valence-electron chi connectivity index (χ1n) is 5.55. The van der Waals surface area contributed by atoms with Crippen LogP contribution in [0, 0.1) is 6.92 Å². The molecule has 0 atom stereocenters. The van der Waals surface area contributed by atoms with Crippen molar-refractivity contribution in [1.29, 1.82) is 0 Å². The lowest BCUT2D eigenvalue weighted by Crippen LogP contribution is -2.00. The molecule has 0 aliphatic heterocycles. The highest BCUT2D eigenvalue weighted by Gasteiger charge is 2.04.